The molecule has 2 heterocycles. The van der Waals surface area contributed by atoms with Crippen molar-refractivity contribution >= 4 is 0 Å². The summed E-state index contributed by atoms with van der Waals surface area (Å²) in [4.78, 5) is 0. The minimum Gasteiger partial charge on any atom is -0.494 e. The highest BCUT2D eigenvalue weighted by atomic mass is 16.5. The van der Waals surface area contributed by atoms with Crippen LogP contribution >= 0.6 is 0 Å². The van der Waals surface area contributed by atoms with Crippen molar-refractivity contribution in [1.82, 2.24) is 5.32 Å². The van der Waals surface area contributed by atoms with Gasteiger partial charge in [0.05, 0.1) is 12.7 Å². The number of rotatable bonds is 3. The van der Waals surface area contributed by atoms with E-state index in [2.05, 4.69) is 12.2 Å². The minimum absolute atomic E-state index is 0.224. The molecule has 1 aromatic rings. The number of nitrogens with one attached hydrogen (secondary N) is 1. The summed E-state index contributed by atoms with van der Waals surface area (Å²) in [6.07, 6.45) is 2.13. The zero-order chi connectivity index (χ0) is 13.3. The van der Waals surface area contributed by atoms with Gasteiger partial charge in [0.2, 0.25) is 0 Å². The molecule has 0 saturated carbocycles. The number of hydrogen-bond acceptors (Lipinski definition) is 4. The number of ether oxygens (including phenoxy) is 2. The van der Waals surface area contributed by atoms with Gasteiger partial charge in [-0.05, 0) is 31.2 Å². The lowest BCUT2D eigenvalue weighted by Crippen LogP contribution is -2.42. The molecule has 104 valence electrons. The summed E-state index contributed by atoms with van der Waals surface area (Å²) in [5, 5.41) is 13.7. The van der Waals surface area contributed by atoms with Gasteiger partial charge < -0.3 is 19.9 Å². The number of hydrogen-bond donors (Lipinski definition) is 2. The normalized spacial score (nSPS) is 29.1. The average Bonchev–Trinajstić information content (AvgIpc) is 2.84. The van der Waals surface area contributed by atoms with Gasteiger partial charge in [0.1, 0.15) is 17.1 Å². The smallest absolute Gasteiger partial charge is 0.126 e. The second kappa shape index (κ2) is 5.02. The van der Waals surface area contributed by atoms with Crippen LogP contribution in [0.5, 0.6) is 11.5 Å². The van der Waals surface area contributed by atoms with Gasteiger partial charge in [0, 0.05) is 24.9 Å². The first-order valence-corrected chi connectivity index (χ1v) is 7.07. The van der Waals surface area contributed by atoms with E-state index in [1.54, 1.807) is 0 Å². The van der Waals surface area contributed by atoms with E-state index in [0.29, 0.717) is 13.0 Å². The topological polar surface area (TPSA) is 50.7 Å². The first kappa shape index (κ1) is 12.8. The van der Waals surface area contributed by atoms with Crippen LogP contribution in [-0.4, -0.2) is 30.4 Å². The number of aliphatic hydroxyl groups excluding tert-OH is 1. The van der Waals surface area contributed by atoms with Crippen LogP contribution in [0.1, 0.15) is 37.9 Å². The van der Waals surface area contributed by atoms with Crippen LogP contribution in [0.2, 0.25) is 0 Å². The summed E-state index contributed by atoms with van der Waals surface area (Å²) in [7, 11) is 0. The van der Waals surface area contributed by atoms with Gasteiger partial charge in [-0.25, -0.2) is 0 Å². The van der Waals surface area contributed by atoms with Crippen molar-refractivity contribution in [3.05, 3.63) is 23.8 Å². The van der Waals surface area contributed by atoms with Crippen LogP contribution in [0.3, 0.4) is 0 Å². The van der Waals surface area contributed by atoms with Crippen molar-refractivity contribution in [1.29, 1.82) is 0 Å². The largest absolute Gasteiger partial charge is 0.494 e. The Balaban J connectivity index is 1.84. The SMILES string of the molecule is CCCOc1ccc2c(c1)C(O)CC1(CCNC1)O2. The molecule has 2 unspecified atom stereocenters. The maximum atomic E-state index is 10.4. The Kier molecular flexibility index (Phi) is 3.37. The van der Waals surface area contributed by atoms with E-state index < -0.39 is 6.10 Å². The highest BCUT2D eigenvalue weighted by Crippen LogP contribution is 2.43. The highest BCUT2D eigenvalue weighted by Gasteiger charge is 2.42. The zero-order valence-electron chi connectivity index (χ0n) is 11.3. The molecule has 3 rings (SSSR count). The van der Waals surface area contributed by atoms with Crippen molar-refractivity contribution in [2.45, 2.75) is 37.9 Å². The Labute approximate surface area is 113 Å². The molecular formula is C15H21NO3. The standard InChI is InChI=1S/C15H21NO3/c1-2-7-18-11-3-4-14-12(8-11)13(17)9-15(19-14)5-6-16-10-15/h3-4,8,13,16-17H,2,5-7,9-10H2,1H3. The Hall–Kier alpha value is -1.26. The predicted molar refractivity (Wildman–Crippen MR) is 72.7 cm³/mol. The lowest BCUT2D eigenvalue weighted by molar-refractivity contribution is -0.000496. The van der Waals surface area contributed by atoms with E-state index >= 15 is 0 Å². The zero-order valence-corrected chi connectivity index (χ0v) is 11.3. The van der Waals surface area contributed by atoms with Gasteiger partial charge in [-0.3, -0.25) is 0 Å². The van der Waals surface area contributed by atoms with Crippen LogP contribution in [0.25, 0.3) is 0 Å². The quantitative estimate of drug-likeness (QED) is 0.876. The summed E-state index contributed by atoms with van der Waals surface area (Å²) >= 11 is 0. The van der Waals surface area contributed by atoms with Gasteiger partial charge in [0.15, 0.2) is 0 Å². The Bertz CT molecular complexity index is 455. The van der Waals surface area contributed by atoms with E-state index in [1.807, 2.05) is 18.2 Å². The lowest BCUT2D eigenvalue weighted by atomic mass is 9.88. The third kappa shape index (κ3) is 2.42. The van der Waals surface area contributed by atoms with E-state index in [-0.39, 0.29) is 5.60 Å². The summed E-state index contributed by atoms with van der Waals surface area (Å²) in [6, 6.07) is 5.75. The lowest BCUT2D eigenvalue weighted by Gasteiger charge is -2.37. The van der Waals surface area contributed by atoms with E-state index in [0.717, 1.165) is 43.0 Å². The molecule has 1 saturated heterocycles. The number of fused-ring (bicyclic) bond motifs is 1. The van der Waals surface area contributed by atoms with E-state index in [4.69, 9.17) is 9.47 Å². The van der Waals surface area contributed by atoms with Gasteiger partial charge in [-0.2, -0.15) is 0 Å². The summed E-state index contributed by atoms with van der Waals surface area (Å²) in [5.41, 5.74) is 0.629. The monoisotopic (exact) mass is 263 g/mol. The Morgan fingerprint density at radius 2 is 2.42 bits per heavy atom. The molecule has 2 N–H and O–H groups in total. The van der Waals surface area contributed by atoms with Crippen molar-refractivity contribution in [3.8, 4) is 11.5 Å². The molecule has 2 atom stereocenters. The van der Waals surface area contributed by atoms with Crippen LogP contribution in [0.4, 0.5) is 0 Å². The average molecular weight is 263 g/mol. The second-order valence-corrected chi connectivity index (χ2v) is 5.48. The number of aliphatic hydroxyl groups is 1. The maximum Gasteiger partial charge on any atom is 0.126 e. The first-order chi connectivity index (χ1) is 9.22. The maximum absolute atomic E-state index is 10.4. The molecule has 1 aromatic carbocycles. The summed E-state index contributed by atoms with van der Waals surface area (Å²) in [6.45, 7) is 4.55. The molecular weight excluding hydrogens is 242 g/mol. The molecule has 1 spiro atoms. The Morgan fingerprint density at radius 3 is 3.16 bits per heavy atom. The van der Waals surface area contributed by atoms with Gasteiger partial charge in [0.25, 0.3) is 0 Å². The van der Waals surface area contributed by atoms with Crippen molar-refractivity contribution < 1.29 is 14.6 Å². The molecule has 19 heavy (non-hydrogen) atoms. The van der Waals surface area contributed by atoms with E-state index in [9.17, 15) is 5.11 Å². The van der Waals surface area contributed by atoms with Crippen LogP contribution in [-0.2, 0) is 0 Å². The fourth-order valence-electron chi connectivity index (χ4n) is 2.91. The van der Waals surface area contributed by atoms with Gasteiger partial charge >= 0.3 is 0 Å². The predicted octanol–water partition coefficient (Wildman–Crippen LogP) is 2.02. The van der Waals surface area contributed by atoms with Crippen molar-refractivity contribution in [2.75, 3.05) is 19.7 Å². The fraction of sp³-hybridized carbons (Fsp3) is 0.600. The third-order valence-corrected chi connectivity index (χ3v) is 3.91. The molecule has 2 aliphatic rings. The molecule has 0 aliphatic carbocycles. The minimum atomic E-state index is -0.464. The molecule has 1 fully saturated rings. The first-order valence-electron chi connectivity index (χ1n) is 7.07. The molecule has 0 radical (unpaired) electrons. The van der Waals surface area contributed by atoms with Crippen molar-refractivity contribution in [3.63, 3.8) is 0 Å². The fourth-order valence-corrected chi connectivity index (χ4v) is 2.91. The molecule has 0 amide bonds. The highest BCUT2D eigenvalue weighted by molar-refractivity contribution is 5.44. The van der Waals surface area contributed by atoms with Crippen molar-refractivity contribution in [2.24, 2.45) is 0 Å². The molecule has 4 nitrogen and oxygen atoms in total. The van der Waals surface area contributed by atoms with Gasteiger partial charge in [-0.15, -0.1) is 0 Å². The van der Waals surface area contributed by atoms with Crippen LogP contribution in [0.15, 0.2) is 18.2 Å². The molecule has 2 aliphatic heterocycles. The molecule has 4 heteroatoms. The van der Waals surface area contributed by atoms with Crippen LogP contribution < -0.4 is 14.8 Å². The third-order valence-electron chi connectivity index (χ3n) is 3.91. The summed E-state index contributed by atoms with van der Waals surface area (Å²) < 4.78 is 11.7. The Morgan fingerprint density at radius 1 is 1.53 bits per heavy atom. The van der Waals surface area contributed by atoms with Crippen LogP contribution in [0, 0.1) is 0 Å². The number of benzene rings is 1. The second-order valence-electron chi connectivity index (χ2n) is 5.48. The summed E-state index contributed by atoms with van der Waals surface area (Å²) in [5.74, 6) is 1.61. The van der Waals surface area contributed by atoms with E-state index in [1.165, 1.54) is 0 Å². The van der Waals surface area contributed by atoms with Gasteiger partial charge in [-0.1, -0.05) is 6.92 Å². The molecule has 0 aromatic heterocycles. The molecule has 0 bridgehead atoms.